The molecule has 40 heavy (non-hydrogen) atoms. The topological polar surface area (TPSA) is 29.5 Å². The molecule has 0 bridgehead atoms. The Morgan fingerprint density at radius 3 is 1.88 bits per heavy atom. The second-order valence-electron chi connectivity index (χ2n) is 11.4. The number of ether oxygens (including phenoxy) is 1. The van der Waals surface area contributed by atoms with Crippen molar-refractivity contribution < 1.29 is 44.7 Å². The average Bonchev–Trinajstić information content (AvgIpc) is 2.84. The summed E-state index contributed by atoms with van der Waals surface area (Å²) < 4.78 is 115. The minimum Gasteiger partial charge on any atom is -0.469 e. The molecule has 0 spiro atoms. The van der Waals surface area contributed by atoms with Gasteiger partial charge in [-0.15, -0.1) is 0 Å². The molecular weight excluding hydrogens is 546 g/mol. The largest absolute Gasteiger partial charge is 0.469 e. The van der Waals surface area contributed by atoms with Crippen LogP contribution in [0.4, 0.5) is 35.1 Å². The van der Waals surface area contributed by atoms with Crippen molar-refractivity contribution in [2.75, 3.05) is 13.7 Å². The molecule has 3 unspecified atom stereocenters. The van der Waals surface area contributed by atoms with Gasteiger partial charge in [-0.2, -0.15) is 26.3 Å². The maximum atomic E-state index is 15.4. The van der Waals surface area contributed by atoms with Crippen molar-refractivity contribution in [1.29, 1.82) is 0 Å². The van der Waals surface area contributed by atoms with E-state index in [1.54, 1.807) is 4.90 Å². The molecule has 3 rings (SSSR count). The summed E-state index contributed by atoms with van der Waals surface area (Å²) >= 11 is 0. The standard InChI is InChI=1S/C29H33F8NO2/c1-26(2,3)14-13-23(18-5-9-20(10-6-18)28(32,33)34)38-16-15-27(30,31)22(17-24(39)40-4)25(38)19-7-11-21(12-8-19)29(35,36)37/h5-12,22-23,25H,13-17H2,1-4H3. The van der Waals surface area contributed by atoms with E-state index in [-0.39, 0.29) is 17.5 Å². The van der Waals surface area contributed by atoms with Crippen LogP contribution in [0.25, 0.3) is 0 Å². The van der Waals surface area contributed by atoms with Crippen LogP contribution < -0.4 is 0 Å². The maximum Gasteiger partial charge on any atom is 0.416 e. The molecule has 3 atom stereocenters. The van der Waals surface area contributed by atoms with Gasteiger partial charge in [0.2, 0.25) is 0 Å². The molecule has 11 heteroatoms. The van der Waals surface area contributed by atoms with E-state index in [0.717, 1.165) is 43.5 Å². The molecule has 0 amide bonds. The van der Waals surface area contributed by atoms with Crippen LogP contribution in [0.2, 0.25) is 0 Å². The minimum absolute atomic E-state index is 0.147. The lowest BCUT2D eigenvalue weighted by Gasteiger charge is -2.49. The number of hydrogen-bond acceptors (Lipinski definition) is 3. The van der Waals surface area contributed by atoms with Crippen LogP contribution in [-0.4, -0.2) is 30.4 Å². The number of nitrogens with zero attached hydrogens (tertiary/aromatic N) is 1. The SMILES string of the molecule is COC(=O)CC1C(c2ccc(C(F)(F)F)cc2)N(C(CCC(C)(C)C)c2ccc(C(F)(F)F)cc2)CCC1(F)F. The summed E-state index contributed by atoms with van der Waals surface area (Å²) in [5, 5.41) is 0. The average molecular weight is 580 g/mol. The van der Waals surface area contributed by atoms with E-state index in [0.29, 0.717) is 18.4 Å². The Hall–Kier alpha value is -2.69. The zero-order valence-electron chi connectivity index (χ0n) is 22.7. The Bertz CT molecular complexity index is 1140. The first-order chi connectivity index (χ1) is 18.3. The molecule has 1 heterocycles. The molecule has 2 aromatic rings. The number of carbonyl (C=O) groups is 1. The van der Waals surface area contributed by atoms with Gasteiger partial charge in [-0.05, 0) is 53.6 Å². The molecule has 0 aromatic heterocycles. The first-order valence-corrected chi connectivity index (χ1v) is 12.9. The van der Waals surface area contributed by atoms with E-state index in [2.05, 4.69) is 4.74 Å². The zero-order valence-corrected chi connectivity index (χ0v) is 22.7. The van der Waals surface area contributed by atoms with Gasteiger partial charge in [0, 0.05) is 25.0 Å². The fraction of sp³-hybridized carbons (Fsp3) is 0.552. The van der Waals surface area contributed by atoms with Crippen LogP contribution in [0.15, 0.2) is 48.5 Å². The number of likely N-dealkylation sites (tertiary alicyclic amines) is 1. The van der Waals surface area contributed by atoms with Crippen molar-refractivity contribution in [3.05, 3.63) is 70.8 Å². The molecule has 1 aliphatic heterocycles. The highest BCUT2D eigenvalue weighted by molar-refractivity contribution is 5.69. The van der Waals surface area contributed by atoms with Crippen LogP contribution in [0.3, 0.4) is 0 Å². The van der Waals surface area contributed by atoms with Crippen LogP contribution >= 0.6 is 0 Å². The quantitative estimate of drug-likeness (QED) is 0.243. The first kappa shape index (κ1) is 31.8. The second-order valence-corrected chi connectivity index (χ2v) is 11.4. The Kier molecular flexibility index (Phi) is 9.28. The van der Waals surface area contributed by atoms with Gasteiger partial charge >= 0.3 is 18.3 Å². The van der Waals surface area contributed by atoms with Crippen molar-refractivity contribution in [3.63, 3.8) is 0 Å². The predicted octanol–water partition coefficient (Wildman–Crippen LogP) is 8.85. The Morgan fingerprint density at radius 2 is 1.43 bits per heavy atom. The summed E-state index contributed by atoms with van der Waals surface area (Å²) in [6.45, 7) is 5.71. The summed E-state index contributed by atoms with van der Waals surface area (Å²) in [4.78, 5) is 13.9. The molecular formula is C29H33F8NO2. The van der Waals surface area contributed by atoms with E-state index < -0.39 is 66.2 Å². The zero-order chi connectivity index (χ0) is 30.1. The van der Waals surface area contributed by atoms with Gasteiger partial charge in [-0.3, -0.25) is 9.69 Å². The summed E-state index contributed by atoms with van der Waals surface area (Å²) in [5.74, 6) is -5.89. The van der Waals surface area contributed by atoms with Gasteiger partial charge in [-0.1, -0.05) is 45.0 Å². The molecule has 1 saturated heterocycles. The lowest BCUT2D eigenvalue weighted by molar-refractivity contribution is -0.165. The number of piperidine rings is 1. The van der Waals surface area contributed by atoms with E-state index in [4.69, 9.17) is 0 Å². The molecule has 0 saturated carbocycles. The summed E-state index contributed by atoms with van der Waals surface area (Å²) in [5.41, 5.74) is -1.43. The first-order valence-electron chi connectivity index (χ1n) is 12.9. The third kappa shape index (κ3) is 7.73. The van der Waals surface area contributed by atoms with E-state index >= 15 is 8.78 Å². The van der Waals surface area contributed by atoms with Gasteiger partial charge in [0.1, 0.15) is 0 Å². The van der Waals surface area contributed by atoms with Crippen molar-refractivity contribution in [3.8, 4) is 0 Å². The van der Waals surface area contributed by atoms with Crippen molar-refractivity contribution in [1.82, 2.24) is 4.90 Å². The van der Waals surface area contributed by atoms with Crippen molar-refractivity contribution in [2.45, 2.75) is 76.8 Å². The van der Waals surface area contributed by atoms with Crippen molar-refractivity contribution >= 4 is 5.97 Å². The van der Waals surface area contributed by atoms with E-state index in [9.17, 15) is 31.1 Å². The number of alkyl halides is 8. The monoisotopic (exact) mass is 579 g/mol. The Morgan fingerprint density at radius 1 is 0.925 bits per heavy atom. The predicted molar refractivity (Wildman–Crippen MR) is 133 cm³/mol. The molecule has 0 N–H and O–H groups in total. The summed E-state index contributed by atoms with van der Waals surface area (Å²) in [7, 11) is 1.06. The number of esters is 1. The number of carbonyl (C=O) groups excluding carboxylic acids is 1. The molecule has 222 valence electrons. The molecule has 1 aliphatic rings. The van der Waals surface area contributed by atoms with Gasteiger partial charge in [0.05, 0.1) is 30.6 Å². The van der Waals surface area contributed by atoms with Gasteiger partial charge in [0.25, 0.3) is 5.92 Å². The van der Waals surface area contributed by atoms with Gasteiger partial charge in [0.15, 0.2) is 0 Å². The smallest absolute Gasteiger partial charge is 0.416 e. The molecule has 2 aromatic carbocycles. The van der Waals surface area contributed by atoms with Crippen molar-refractivity contribution in [2.24, 2.45) is 11.3 Å². The molecule has 0 radical (unpaired) electrons. The van der Waals surface area contributed by atoms with Crippen LogP contribution in [-0.2, 0) is 21.9 Å². The van der Waals surface area contributed by atoms with Gasteiger partial charge in [-0.25, -0.2) is 8.78 Å². The normalized spacial score (nSPS) is 21.2. The minimum atomic E-state index is -4.64. The number of halogens is 8. The fourth-order valence-corrected chi connectivity index (χ4v) is 5.22. The Balaban J connectivity index is 2.16. The third-order valence-electron chi connectivity index (χ3n) is 7.37. The summed E-state index contributed by atoms with van der Waals surface area (Å²) in [6, 6.07) is 6.47. The van der Waals surface area contributed by atoms with E-state index in [1.807, 2.05) is 20.8 Å². The maximum absolute atomic E-state index is 15.4. The Labute approximate surface area is 228 Å². The third-order valence-corrected chi connectivity index (χ3v) is 7.37. The number of rotatable bonds is 7. The molecule has 3 nitrogen and oxygen atoms in total. The summed E-state index contributed by atoms with van der Waals surface area (Å²) in [6.07, 6.45) is -9.59. The number of hydrogen-bond donors (Lipinski definition) is 0. The second kappa shape index (κ2) is 11.7. The lowest BCUT2D eigenvalue weighted by Crippen LogP contribution is -2.51. The number of benzene rings is 2. The highest BCUT2D eigenvalue weighted by atomic mass is 19.4. The molecule has 0 aliphatic carbocycles. The number of methoxy groups -OCH3 is 1. The molecule has 1 fully saturated rings. The highest BCUT2D eigenvalue weighted by Gasteiger charge is 2.53. The van der Waals surface area contributed by atoms with Crippen LogP contribution in [0, 0.1) is 11.3 Å². The van der Waals surface area contributed by atoms with Crippen LogP contribution in [0.1, 0.15) is 80.8 Å². The highest BCUT2D eigenvalue weighted by Crippen LogP contribution is 2.51. The fourth-order valence-electron chi connectivity index (χ4n) is 5.22. The van der Waals surface area contributed by atoms with Crippen LogP contribution in [0.5, 0.6) is 0 Å². The van der Waals surface area contributed by atoms with Gasteiger partial charge < -0.3 is 4.74 Å². The lowest BCUT2D eigenvalue weighted by atomic mass is 9.77. The van der Waals surface area contributed by atoms with E-state index in [1.165, 1.54) is 12.1 Å².